The normalized spacial score (nSPS) is 16.0. The molecule has 0 aliphatic carbocycles. The van der Waals surface area contributed by atoms with Gasteiger partial charge in [0.2, 0.25) is 0 Å². The van der Waals surface area contributed by atoms with Crippen LogP contribution < -0.4 is 14.8 Å². The second kappa shape index (κ2) is 6.52. The minimum atomic E-state index is -0.416. The standard InChI is InChI=1S/C18H17NO4/c1-12(20)23-14-6-4-5-13(11-14)18(21)19-16-9-10-22-17-8-3-2-7-15(16)17/h2-8,11,16H,9-10H2,1H3,(H,19,21). The molecule has 1 amide bonds. The average Bonchev–Trinajstić information content (AvgIpc) is 2.55. The van der Waals surface area contributed by atoms with Crippen molar-refractivity contribution in [1.29, 1.82) is 0 Å². The van der Waals surface area contributed by atoms with Gasteiger partial charge in [0, 0.05) is 24.5 Å². The quantitative estimate of drug-likeness (QED) is 0.699. The monoisotopic (exact) mass is 311 g/mol. The lowest BCUT2D eigenvalue weighted by atomic mass is 10.00. The van der Waals surface area contributed by atoms with Crippen molar-refractivity contribution in [3.05, 3.63) is 59.7 Å². The third kappa shape index (κ3) is 3.51. The third-order valence-corrected chi connectivity index (χ3v) is 3.62. The van der Waals surface area contributed by atoms with Crippen LogP contribution in [-0.2, 0) is 4.79 Å². The van der Waals surface area contributed by atoms with Gasteiger partial charge in [-0.15, -0.1) is 0 Å². The van der Waals surface area contributed by atoms with Gasteiger partial charge in [-0.25, -0.2) is 0 Å². The molecule has 2 aromatic rings. The molecule has 1 unspecified atom stereocenters. The molecule has 2 aromatic carbocycles. The van der Waals surface area contributed by atoms with Gasteiger partial charge in [-0.2, -0.15) is 0 Å². The Hall–Kier alpha value is -2.82. The Morgan fingerprint density at radius 1 is 1.17 bits per heavy atom. The number of fused-ring (bicyclic) bond motifs is 1. The van der Waals surface area contributed by atoms with Gasteiger partial charge in [-0.3, -0.25) is 9.59 Å². The summed E-state index contributed by atoms with van der Waals surface area (Å²) in [7, 11) is 0. The summed E-state index contributed by atoms with van der Waals surface area (Å²) < 4.78 is 10.6. The van der Waals surface area contributed by atoms with E-state index in [1.807, 2.05) is 24.3 Å². The van der Waals surface area contributed by atoms with E-state index in [2.05, 4.69) is 5.32 Å². The Morgan fingerprint density at radius 3 is 2.83 bits per heavy atom. The van der Waals surface area contributed by atoms with Gasteiger partial charge in [-0.1, -0.05) is 24.3 Å². The van der Waals surface area contributed by atoms with Crippen molar-refractivity contribution in [3.63, 3.8) is 0 Å². The highest BCUT2D eigenvalue weighted by Gasteiger charge is 2.23. The van der Waals surface area contributed by atoms with E-state index in [-0.39, 0.29) is 11.9 Å². The summed E-state index contributed by atoms with van der Waals surface area (Å²) in [4.78, 5) is 23.5. The lowest BCUT2D eigenvalue weighted by molar-refractivity contribution is -0.131. The number of ether oxygens (including phenoxy) is 2. The Labute approximate surface area is 134 Å². The molecular formula is C18H17NO4. The summed E-state index contributed by atoms with van der Waals surface area (Å²) >= 11 is 0. The van der Waals surface area contributed by atoms with Crippen LogP contribution in [0, 0.1) is 0 Å². The fourth-order valence-electron chi connectivity index (χ4n) is 2.60. The second-order valence-electron chi connectivity index (χ2n) is 5.32. The summed E-state index contributed by atoms with van der Waals surface area (Å²) in [5.74, 6) is 0.539. The zero-order chi connectivity index (χ0) is 16.2. The smallest absolute Gasteiger partial charge is 0.308 e. The Bertz CT molecular complexity index is 741. The Morgan fingerprint density at radius 2 is 2.00 bits per heavy atom. The SMILES string of the molecule is CC(=O)Oc1cccc(C(=O)NC2CCOc3ccccc32)c1. The Kier molecular flexibility index (Phi) is 4.28. The van der Waals surface area contributed by atoms with Crippen molar-refractivity contribution in [3.8, 4) is 11.5 Å². The summed E-state index contributed by atoms with van der Waals surface area (Å²) in [5, 5.41) is 3.01. The van der Waals surface area contributed by atoms with Gasteiger partial charge < -0.3 is 14.8 Å². The van der Waals surface area contributed by atoms with Crippen LogP contribution in [0.5, 0.6) is 11.5 Å². The first-order valence-corrected chi connectivity index (χ1v) is 7.44. The van der Waals surface area contributed by atoms with Crippen LogP contribution >= 0.6 is 0 Å². The molecule has 1 aliphatic rings. The van der Waals surface area contributed by atoms with E-state index in [1.165, 1.54) is 6.92 Å². The summed E-state index contributed by atoms with van der Waals surface area (Å²) in [6, 6.07) is 14.2. The fraction of sp³-hybridized carbons (Fsp3) is 0.222. The summed E-state index contributed by atoms with van der Waals surface area (Å²) in [6.07, 6.45) is 0.715. The van der Waals surface area contributed by atoms with E-state index >= 15 is 0 Å². The van der Waals surface area contributed by atoms with Crippen molar-refractivity contribution >= 4 is 11.9 Å². The van der Waals surface area contributed by atoms with E-state index in [0.717, 1.165) is 11.3 Å². The first kappa shape index (κ1) is 15.1. The van der Waals surface area contributed by atoms with Crippen LogP contribution in [0.2, 0.25) is 0 Å². The van der Waals surface area contributed by atoms with E-state index in [0.29, 0.717) is 24.3 Å². The molecule has 3 rings (SSSR count). The number of para-hydroxylation sites is 1. The van der Waals surface area contributed by atoms with Crippen molar-refractivity contribution < 1.29 is 19.1 Å². The molecule has 0 fully saturated rings. The maximum absolute atomic E-state index is 12.5. The van der Waals surface area contributed by atoms with Gasteiger partial charge in [0.1, 0.15) is 11.5 Å². The predicted octanol–water partition coefficient (Wildman–Crippen LogP) is 2.87. The molecule has 118 valence electrons. The van der Waals surface area contributed by atoms with Crippen LogP contribution in [0.3, 0.4) is 0 Å². The lowest BCUT2D eigenvalue weighted by Crippen LogP contribution is -2.32. The van der Waals surface area contributed by atoms with Gasteiger partial charge >= 0.3 is 5.97 Å². The highest BCUT2D eigenvalue weighted by molar-refractivity contribution is 5.95. The summed E-state index contributed by atoms with van der Waals surface area (Å²) in [6.45, 7) is 1.89. The second-order valence-corrected chi connectivity index (χ2v) is 5.32. The lowest BCUT2D eigenvalue weighted by Gasteiger charge is -2.26. The van der Waals surface area contributed by atoms with Crippen LogP contribution in [-0.4, -0.2) is 18.5 Å². The molecule has 0 saturated carbocycles. The average molecular weight is 311 g/mol. The highest BCUT2D eigenvalue weighted by atomic mass is 16.5. The molecule has 0 radical (unpaired) electrons. The zero-order valence-electron chi connectivity index (χ0n) is 12.7. The number of benzene rings is 2. The maximum atomic E-state index is 12.5. The molecule has 0 spiro atoms. The molecule has 0 saturated heterocycles. The van der Waals surface area contributed by atoms with Gasteiger partial charge in [0.15, 0.2) is 0 Å². The minimum absolute atomic E-state index is 0.0927. The largest absolute Gasteiger partial charge is 0.493 e. The molecule has 1 heterocycles. The first-order chi connectivity index (χ1) is 11.1. The number of amides is 1. The van der Waals surface area contributed by atoms with Crippen LogP contribution in [0.25, 0.3) is 0 Å². The van der Waals surface area contributed by atoms with Crippen molar-refractivity contribution in [2.45, 2.75) is 19.4 Å². The van der Waals surface area contributed by atoms with Crippen LogP contribution in [0.1, 0.15) is 35.3 Å². The summed E-state index contributed by atoms with van der Waals surface area (Å²) in [5.41, 5.74) is 1.43. The molecule has 1 atom stereocenters. The number of esters is 1. The molecule has 5 heteroatoms. The van der Waals surface area contributed by atoms with Crippen molar-refractivity contribution in [2.75, 3.05) is 6.61 Å². The van der Waals surface area contributed by atoms with Gasteiger partial charge in [0.05, 0.1) is 12.6 Å². The fourth-order valence-corrected chi connectivity index (χ4v) is 2.60. The van der Waals surface area contributed by atoms with Crippen molar-refractivity contribution in [2.24, 2.45) is 0 Å². The molecule has 23 heavy (non-hydrogen) atoms. The molecular weight excluding hydrogens is 294 g/mol. The van der Waals surface area contributed by atoms with E-state index in [1.54, 1.807) is 24.3 Å². The number of hydrogen-bond donors (Lipinski definition) is 1. The minimum Gasteiger partial charge on any atom is -0.493 e. The third-order valence-electron chi connectivity index (χ3n) is 3.62. The van der Waals surface area contributed by atoms with Crippen LogP contribution in [0.4, 0.5) is 0 Å². The number of carbonyl (C=O) groups is 2. The van der Waals surface area contributed by atoms with E-state index < -0.39 is 5.97 Å². The van der Waals surface area contributed by atoms with Crippen molar-refractivity contribution in [1.82, 2.24) is 5.32 Å². The molecule has 1 aliphatic heterocycles. The first-order valence-electron chi connectivity index (χ1n) is 7.44. The number of nitrogens with one attached hydrogen (secondary N) is 1. The van der Waals surface area contributed by atoms with Gasteiger partial charge in [0.25, 0.3) is 5.91 Å². The molecule has 0 aromatic heterocycles. The van der Waals surface area contributed by atoms with Crippen LogP contribution in [0.15, 0.2) is 48.5 Å². The maximum Gasteiger partial charge on any atom is 0.308 e. The van der Waals surface area contributed by atoms with Gasteiger partial charge in [-0.05, 0) is 24.3 Å². The number of hydrogen-bond acceptors (Lipinski definition) is 4. The molecule has 1 N–H and O–H groups in total. The van der Waals surface area contributed by atoms with E-state index in [9.17, 15) is 9.59 Å². The highest BCUT2D eigenvalue weighted by Crippen LogP contribution is 2.31. The topological polar surface area (TPSA) is 64.6 Å². The molecule has 5 nitrogen and oxygen atoms in total. The number of rotatable bonds is 3. The van der Waals surface area contributed by atoms with E-state index in [4.69, 9.17) is 9.47 Å². The Balaban J connectivity index is 1.76. The number of carbonyl (C=O) groups excluding carboxylic acids is 2. The predicted molar refractivity (Wildman–Crippen MR) is 84.5 cm³/mol. The molecule has 0 bridgehead atoms. The zero-order valence-corrected chi connectivity index (χ0v) is 12.7.